The number of nitrogen functional groups attached to an aromatic ring is 1. The van der Waals surface area contributed by atoms with Crippen LogP contribution in [-0.2, 0) is 6.54 Å². The number of hydrogen-bond acceptors (Lipinski definition) is 2. The molecule has 0 atom stereocenters. The molecule has 1 heterocycles. The minimum absolute atomic E-state index is 0. The van der Waals surface area contributed by atoms with Crippen molar-refractivity contribution in [1.29, 1.82) is 0 Å². The zero-order valence-electron chi connectivity index (χ0n) is 8.23. The van der Waals surface area contributed by atoms with Crippen LogP contribution in [0.2, 0.25) is 10.0 Å². The first-order chi connectivity index (χ1) is 7.18. The molecule has 1 aromatic carbocycles. The fourth-order valence-electron chi connectivity index (χ4n) is 1.31. The fourth-order valence-corrected chi connectivity index (χ4v) is 1.69. The van der Waals surface area contributed by atoms with Gasteiger partial charge in [0.15, 0.2) is 0 Å². The number of aromatic nitrogens is 2. The lowest BCUT2D eigenvalue weighted by atomic mass is 10.2. The number of hydrogen-bond donors (Lipinski definition) is 1. The maximum absolute atomic E-state index is 6.05. The molecule has 2 N–H and O–H groups in total. The molecule has 0 amide bonds. The first-order valence-electron chi connectivity index (χ1n) is 4.38. The van der Waals surface area contributed by atoms with Gasteiger partial charge in [0.2, 0.25) is 0 Å². The van der Waals surface area contributed by atoms with Gasteiger partial charge in [-0.05, 0) is 17.7 Å². The van der Waals surface area contributed by atoms with E-state index in [1.807, 2.05) is 12.1 Å². The molecule has 6 heteroatoms. The molecule has 0 saturated heterocycles. The summed E-state index contributed by atoms with van der Waals surface area (Å²) in [6.45, 7) is 0.526. The summed E-state index contributed by atoms with van der Waals surface area (Å²) >= 11 is 11.9. The van der Waals surface area contributed by atoms with Gasteiger partial charge in [-0.2, -0.15) is 5.10 Å². The molecule has 0 radical (unpaired) electrons. The van der Waals surface area contributed by atoms with Crippen molar-refractivity contribution in [3.63, 3.8) is 0 Å². The van der Waals surface area contributed by atoms with Crippen molar-refractivity contribution in [1.82, 2.24) is 9.78 Å². The van der Waals surface area contributed by atoms with E-state index < -0.39 is 0 Å². The molecular formula is C10H10Cl3N3. The van der Waals surface area contributed by atoms with Gasteiger partial charge >= 0.3 is 0 Å². The second-order valence-electron chi connectivity index (χ2n) is 3.13. The molecule has 0 aliphatic heterocycles. The Bertz CT molecular complexity index is 482. The number of rotatable bonds is 2. The molecular weight excluding hydrogens is 268 g/mol. The topological polar surface area (TPSA) is 43.8 Å². The van der Waals surface area contributed by atoms with Crippen molar-refractivity contribution in [3.8, 4) is 0 Å². The summed E-state index contributed by atoms with van der Waals surface area (Å²) in [5, 5.41) is 5.16. The zero-order valence-corrected chi connectivity index (χ0v) is 10.6. The molecule has 0 saturated carbocycles. The van der Waals surface area contributed by atoms with Gasteiger partial charge in [-0.15, -0.1) is 12.4 Å². The van der Waals surface area contributed by atoms with E-state index in [1.54, 1.807) is 23.0 Å². The molecule has 0 unspecified atom stereocenters. The van der Waals surface area contributed by atoms with Gasteiger partial charge in [-0.3, -0.25) is 0 Å². The molecule has 1 aromatic heterocycles. The minimum Gasteiger partial charge on any atom is -0.384 e. The van der Waals surface area contributed by atoms with E-state index in [0.717, 1.165) is 5.56 Å². The number of nitrogens with two attached hydrogens (primary N) is 1. The summed E-state index contributed by atoms with van der Waals surface area (Å²) < 4.78 is 1.66. The lowest BCUT2D eigenvalue weighted by molar-refractivity contribution is 0.697. The molecule has 0 fully saturated rings. The van der Waals surface area contributed by atoms with Gasteiger partial charge in [0.1, 0.15) is 5.82 Å². The third-order valence-corrected chi connectivity index (χ3v) is 2.96. The second-order valence-corrected chi connectivity index (χ2v) is 3.91. The molecule has 2 rings (SSSR count). The second kappa shape index (κ2) is 5.43. The van der Waals surface area contributed by atoms with Crippen LogP contribution in [0, 0.1) is 0 Å². The first-order valence-corrected chi connectivity index (χ1v) is 5.14. The highest BCUT2D eigenvalue weighted by Crippen LogP contribution is 2.26. The van der Waals surface area contributed by atoms with Crippen LogP contribution in [0.1, 0.15) is 5.56 Å². The molecule has 0 spiro atoms. The van der Waals surface area contributed by atoms with Crippen molar-refractivity contribution in [2.75, 3.05) is 5.73 Å². The van der Waals surface area contributed by atoms with Crippen LogP contribution in [0.5, 0.6) is 0 Å². The Hall–Kier alpha value is -0.900. The van der Waals surface area contributed by atoms with Crippen molar-refractivity contribution in [3.05, 3.63) is 46.1 Å². The monoisotopic (exact) mass is 277 g/mol. The van der Waals surface area contributed by atoms with Gasteiger partial charge in [-0.1, -0.05) is 35.3 Å². The predicted octanol–water partition coefficient (Wildman–Crippen LogP) is 3.24. The van der Waals surface area contributed by atoms with Crippen LogP contribution < -0.4 is 5.73 Å². The van der Waals surface area contributed by atoms with Crippen LogP contribution >= 0.6 is 35.6 Å². The van der Waals surface area contributed by atoms with Crippen LogP contribution in [0.25, 0.3) is 0 Å². The maximum Gasteiger partial charge on any atom is 0.122 e. The standard InChI is InChI=1S/C10H9Cl2N3.ClH/c11-8-3-1-2-7(10(8)12)6-15-9(13)4-5-14-15;/h1-5H,6,13H2;1H. The summed E-state index contributed by atoms with van der Waals surface area (Å²) in [6.07, 6.45) is 1.65. The average Bonchev–Trinajstić information content (AvgIpc) is 2.60. The van der Waals surface area contributed by atoms with Gasteiger partial charge < -0.3 is 5.73 Å². The smallest absolute Gasteiger partial charge is 0.122 e. The average molecular weight is 279 g/mol. The van der Waals surface area contributed by atoms with Crippen LogP contribution in [0.4, 0.5) is 5.82 Å². The fraction of sp³-hybridized carbons (Fsp3) is 0.100. The predicted molar refractivity (Wildman–Crippen MR) is 69.5 cm³/mol. The van der Waals surface area contributed by atoms with Gasteiger partial charge in [0, 0.05) is 0 Å². The lowest BCUT2D eigenvalue weighted by Crippen LogP contribution is -2.05. The quantitative estimate of drug-likeness (QED) is 0.916. The Morgan fingerprint density at radius 1 is 1.25 bits per heavy atom. The largest absolute Gasteiger partial charge is 0.384 e. The van der Waals surface area contributed by atoms with Crippen molar-refractivity contribution < 1.29 is 0 Å². The van der Waals surface area contributed by atoms with E-state index >= 15 is 0 Å². The van der Waals surface area contributed by atoms with Gasteiger partial charge in [0.25, 0.3) is 0 Å². The first kappa shape index (κ1) is 13.2. The maximum atomic E-state index is 6.05. The number of nitrogens with zero attached hydrogens (tertiary/aromatic N) is 2. The van der Waals surface area contributed by atoms with Crippen LogP contribution in [0.15, 0.2) is 30.5 Å². The molecule has 86 valence electrons. The molecule has 0 aliphatic carbocycles. The highest BCUT2D eigenvalue weighted by Gasteiger charge is 2.06. The molecule has 0 aliphatic rings. The molecule has 3 nitrogen and oxygen atoms in total. The molecule has 0 bridgehead atoms. The van der Waals surface area contributed by atoms with Crippen molar-refractivity contribution >= 4 is 41.4 Å². The normalized spacial score (nSPS) is 9.88. The van der Waals surface area contributed by atoms with Crippen molar-refractivity contribution in [2.45, 2.75) is 6.54 Å². The highest BCUT2D eigenvalue weighted by molar-refractivity contribution is 6.42. The summed E-state index contributed by atoms with van der Waals surface area (Å²) in [7, 11) is 0. The van der Waals surface area contributed by atoms with Crippen molar-refractivity contribution in [2.24, 2.45) is 0 Å². The van der Waals surface area contributed by atoms with E-state index in [2.05, 4.69) is 5.10 Å². The zero-order chi connectivity index (χ0) is 10.8. The highest BCUT2D eigenvalue weighted by atomic mass is 35.5. The third-order valence-electron chi connectivity index (χ3n) is 2.10. The molecule has 16 heavy (non-hydrogen) atoms. The van der Waals surface area contributed by atoms with E-state index in [4.69, 9.17) is 28.9 Å². The Morgan fingerprint density at radius 3 is 2.62 bits per heavy atom. The lowest BCUT2D eigenvalue weighted by Gasteiger charge is -2.07. The Labute approximate surface area is 110 Å². The number of anilines is 1. The summed E-state index contributed by atoms with van der Waals surface area (Å²) in [4.78, 5) is 0. The number of halogens is 3. The summed E-state index contributed by atoms with van der Waals surface area (Å²) in [5.74, 6) is 0.603. The number of benzene rings is 1. The molecule has 2 aromatic rings. The third kappa shape index (κ3) is 2.61. The van der Waals surface area contributed by atoms with E-state index in [1.165, 1.54) is 0 Å². The van der Waals surface area contributed by atoms with Crippen LogP contribution in [0.3, 0.4) is 0 Å². The Kier molecular flexibility index (Phi) is 4.47. The Balaban J connectivity index is 0.00000128. The van der Waals surface area contributed by atoms with E-state index in [0.29, 0.717) is 22.4 Å². The Morgan fingerprint density at radius 2 is 2.00 bits per heavy atom. The van der Waals surface area contributed by atoms with Gasteiger partial charge in [-0.25, -0.2) is 4.68 Å². The minimum atomic E-state index is 0. The van der Waals surface area contributed by atoms with Crippen LogP contribution in [-0.4, -0.2) is 9.78 Å². The summed E-state index contributed by atoms with van der Waals surface area (Å²) in [5.41, 5.74) is 6.60. The van der Waals surface area contributed by atoms with Gasteiger partial charge in [0.05, 0.1) is 22.8 Å². The van der Waals surface area contributed by atoms with E-state index in [-0.39, 0.29) is 12.4 Å². The van der Waals surface area contributed by atoms with E-state index in [9.17, 15) is 0 Å². The SMILES string of the molecule is Cl.Nc1ccnn1Cc1cccc(Cl)c1Cl. The summed E-state index contributed by atoms with van der Waals surface area (Å²) in [6, 6.07) is 7.23.